The number of halogens is 1. The first kappa shape index (κ1) is 20.3. The van der Waals surface area contributed by atoms with Crippen molar-refractivity contribution in [2.75, 3.05) is 7.11 Å². The first-order valence-corrected chi connectivity index (χ1v) is 9.78. The first-order valence-electron chi connectivity index (χ1n) is 9.41. The molecule has 0 aliphatic carbocycles. The van der Waals surface area contributed by atoms with Crippen LogP contribution in [0.5, 0.6) is 17.2 Å². The molecular weight excluding hydrogens is 378 g/mol. The van der Waals surface area contributed by atoms with E-state index in [4.69, 9.17) is 25.8 Å². The lowest BCUT2D eigenvalue weighted by Crippen LogP contribution is -2.45. The van der Waals surface area contributed by atoms with Gasteiger partial charge >= 0.3 is 0 Å². The lowest BCUT2D eigenvalue weighted by Gasteiger charge is -2.38. The number of fused-ring (bicyclic) bond motifs is 1. The second-order valence-corrected chi connectivity index (χ2v) is 7.94. The van der Waals surface area contributed by atoms with Gasteiger partial charge in [0.2, 0.25) is 0 Å². The minimum absolute atomic E-state index is 0.168. The van der Waals surface area contributed by atoms with Crippen LogP contribution in [0.4, 0.5) is 0 Å². The number of amides is 1. The fourth-order valence-electron chi connectivity index (χ4n) is 3.38. The maximum atomic E-state index is 13.0. The van der Waals surface area contributed by atoms with E-state index in [0.29, 0.717) is 23.6 Å². The van der Waals surface area contributed by atoms with E-state index in [9.17, 15) is 4.79 Å². The molecule has 1 amide bonds. The zero-order chi connectivity index (χ0) is 20.3. The number of nitrogens with one attached hydrogen (secondary N) is 1. The Hall–Kier alpha value is -2.40. The van der Waals surface area contributed by atoms with Gasteiger partial charge in [-0.25, -0.2) is 0 Å². The predicted molar refractivity (Wildman–Crippen MR) is 109 cm³/mol. The Labute approximate surface area is 170 Å². The van der Waals surface area contributed by atoms with Gasteiger partial charge in [-0.2, -0.15) is 0 Å². The molecule has 1 aliphatic heterocycles. The van der Waals surface area contributed by atoms with Gasteiger partial charge in [0.1, 0.15) is 22.8 Å². The highest BCUT2D eigenvalue weighted by Crippen LogP contribution is 2.41. The largest absolute Gasteiger partial charge is 0.497 e. The van der Waals surface area contributed by atoms with Gasteiger partial charge in [-0.3, -0.25) is 4.79 Å². The molecule has 1 heterocycles. The van der Waals surface area contributed by atoms with Crippen LogP contribution in [0.25, 0.3) is 0 Å². The maximum absolute atomic E-state index is 13.0. The van der Waals surface area contributed by atoms with Crippen LogP contribution >= 0.6 is 11.6 Å². The van der Waals surface area contributed by atoms with E-state index < -0.39 is 11.7 Å². The maximum Gasteiger partial charge on any atom is 0.261 e. The monoisotopic (exact) mass is 403 g/mol. The number of rotatable bonds is 6. The van der Waals surface area contributed by atoms with Crippen molar-refractivity contribution >= 4 is 17.5 Å². The molecular formula is C22H26ClNO4. The van der Waals surface area contributed by atoms with Crippen LogP contribution < -0.4 is 19.5 Å². The lowest BCUT2D eigenvalue weighted by molar-refractivity contribution is -0.129. The van der Waals surface area contributed by atoms with Crippen molar-refractivity contribution in [3.05, 3.63) is 53.1 Å². The lowest BCUT2D eigenvalue weighted by atomic mass is 9.89. The van der Waals surface area contributed by atoms with E-state index in [2.05, 4.69) is 5.32 Å². The van der Waals surface area contributed by atoms with Crippen molar-refractivity contribution in [2.24, 2.45) is 0 Å². The van der Waals surface area contributed by atoms with Gasteiger partial charge in [0.25, 0.3) is 5.91 Å². The molecule has 0 bridgehead atoms. The van der Waals surface area contributed by atoms with Crippen molar-refractivity contribution in [3.8, 4) is 17.2 Å². The smallest absolute Gasteiger partial charge is 0.261 e. The van der Waals surface area contributed by atoms with Crippen LogP contribution in [0.1, 0.15) is 45.2 Å². The molecule has 0 saturated heterocycles. The highest BCUT2D eigenvalue weighted by Gasteiger charge is 2.36. The minimum Gasteiger partial charge on any atom is -0.497 e. The molecule has 2 aromatic carbocycles. The number of benzene rings is 2. The molecule has 0 aromatic heterocycles. The molecule has 0 saturated carbocycles. The SMILES string of the molecule is CC[C@H](Oc1cccc(Cl)c1)C(=O)N[C@@H]1CC(C)(C)Oc2ccc(OC)cc21. The van der Waals surface area contributed by atoms with Crippen LogP contribution in [0.3, 0.4) is 0 Å². The predicted octanol–water partition coefficient (Wildman–Crippen LogP) is 4.92. The van der Waals surface area contributed by atoms with E-state index in [-0.39, 0.29) is 11.9 Å². The highest BCUT2D eigenvalue weighted by atomic mass is 35.5. The summed E-state index contributed by atoms with van der Waals surface area (Å²) in [5.41, 5.74) is 0.513. The Balaban J connectivity index is 1.80. The van der Waals surface area contributed by atoms with Gasteiger partial charge in [-0.15, -0.1) is 0 Å². The molecule has 0 fully saturated rings. The molecule has 3 rings (SSSR count). The Morgan fingerprint density at radius 2 is 2.07 bits per heavy atom. The topological polar surface area (TPSA) is 56.8 Å². The van der Waals surface area contributed by atoms with Crippen LogP contribution in [0, 0.1) is 0 Å². The highest BCUT2D eigenvalue weighted by molar-refractivity contribution is 6.30. The van der Waals surface area contributed by atoms with Gasteiger partial charge in [0, 0.05) is 17.0 Å². The van der Waals surface area contributed by atoms with Gasteiger partial charge in [0.15, 0.2) is 6.10 Å². The second kappa shape index (κ2) is 8.31. The summed E-state index contributed by atoms with van der Waals surface area (Å²) in [4.78, 5) is 13.0. The van der Waals surface area contributed by atoms with Crippen molar-refractivity contribution in [2.45, 2.75) is 51.4 Å². The summed E-state index contributed by atoms with van der Waals surface area (Å²) in [7, 11) is 1.62. The molecule has 2 atom stereocenters. The standard InChI is InChI=1S/C22H26ClNO4/c1-5-19(27-16-8-6-7-14(23)11-16)21(25)24-18-13-22(2,3)28-20-10-9-15(26-4)12-17(18)20/h6-12,18-19H,5,13H2,1-4H3,(H,24,25)/t18-,19+/m1/s1. The Bertz CT molecular complexity index is 852. The van der Waals surface area contributed by atoms with Gasteiger partial charge in [-0.05, 0) is 56.7 Å². The van der Waals surface area contributed by atoms with Crippen molar-refractivity contribution in [1.29, 1.82) is 0 Å². The summed E-state index contributed by atoms with van der Waals surface area (Å²) < 4.78 is 17.3. The average Bonchev–Trinajstić information content (AvgIpc) is 2.65. The average molecular weight is 404 g/mol. The summed E-state index contributed by atoms with van der Waals surface area (Å²) in [5, 5.41) is 3.70. The molecule has 2 aromatic rings. The third-order valence-corrected chi connectivity index (χ3v) is 4.96. The second-order valence-electron chi connectivity index (χ2n) is 7.50. The van der Waals surface area contributed by atoms with Crippen LogP contribution in [-0.4, -0.2) is 24.7 Å². The van der Waals surface area contributed by atoms with Crippen molar-refractivity contribution < 1.29 is 19.0 Å². The first-order chi connectivity index (χ1) is 13.3. The molecule has 6 heteroatoms. The Morgan fingerprint density at radius 3 is 2.75 bits per heavy atom. The van der Waals surface area contributed by atoms with E-state index in [0.717, 1.165) is 17.1 Å². The van der Waals surface area contributed by atoms with E-state index in [1.54, 1.807) is 31.4 Å². The molecule has 28 heavy (non-hydrogen) atoms. The van der Waals surface area contributed by atoms with Crippen molar-refractivity contribution in [1.82, 2.24) is 5.32 Å². The Kier molecular flexibility index (Phi) is 6.04. The Morgan fingerprint density at radius 1 is 1.29 bits per heavy atom. The fourth-order valence-corrected chi connectivity index (χ4v) is 3.56. The minimum atomic E-state index is -0.613. The van der Waals surface area contributed by atoms with Gasteiger partial charge in [0.05, 0.1) is 13.2 Å². The molecule has 1 aliphatic rings. The van der Waals surface area contributed by atoms with Crippen molar-refractivity contribution in [3.63, 3.8) is 0 Å². The summed E-state index contributed by atoms with van der Waals surface area (Å²) in [6.45, 7) is 5.94. The molecule has 0 unspecified atom stereocenters. The molecule has 150 valence electrons. The zero-order valence-corrected chi connectivity index (χ0v) is 17.4. The quantitative estimate of drug-likeness (QED) is 0.743. The van der Waals surface area contributed by atoms with Gasteiger partial charge in [-0.1, -0.05) is 24.6 Å². The number of methoxy groups -OCH3 is 1. The fraction of sp³-hybridized carbons (Fsp3) is 0.409. The normalized spacial score (nSPS) is 18.4. The van der Waals surface area contributed by atoms with Gasteiger partial charge < -0.3 is 19.5 Å². The summed E-state index contributed by atoms with van der Waals surface area (Å²) in [6.07, 6.45) is 0.570. The molecule has 0 spiro atoms. The van der Waals surface area contributed by atoms with Crippen LogP contribution in [0.2, 0.25) is 5.02 Å². The summed E-state index contributed by atoms with van der Waals surface area (Å²) in [6, 6.07) is 12.5. The number of hydrogen-bond acceptors (Lipinski definition) is 4. The van der Waals surface area contributed by atoms with E-state index in [1.807, 2.05) is 39.0 Å². The third-order valence-electron chi connectivity index (χ3n) is 4.73. The molecule has 5 nitrogen and oxygen atoms in total. The summed E-state index contributed by atoms with van der Waals surface area (Å²) in [5.74, 6) is 1.89. The number of hydrogen-bond donors (Lipinski definition) is 1. The number of carbonyl (C=O) groups is 1. The van der Waals surface area contributed by atoms with Crippen LogP contribution in [-0.2, 0) is 4.79 Å². The summed E-state index contributed by atoms with van der Waals surface area (Å²) >= 11 is 6.02. The molecule has 1 N–H and O–H groups in total. The number of ether oxygens (including phenoxy) is 3. The van der Waals surface area contributed by atoms with Crippen LogP contribution in [0.15, 0.2) is 42.5 Å². The third kappa shape index (κ3) is 4.71. The van der Waals surface area contributed by atoms with E-state index >= 15 is 0 Å². The zero-order valence-electron chi connectivity index (χ0n) is 16.6. The van der Waals surface area contributed by atoms with E-state index in [1.165, 1.54) is 0 Å². The molecule has 0 radical (unpaired) electrons. The number of carbonyl (C=O) groups excluding carboxylic acids is 1.